The molecule has 0 saturated carbocycles. The molecular formula is C8H14O6S. The maximum Gasteiger partial charge on any atom is 0.303 e. The van der Waals surface area contributed by atoms with Crippen molar-refractivity contribution < 1.29 is 30.0 Å². The van der Waals surface area contributed by atoms with Crippen molar-refractivity contribution in [2.75, 3.05) is 5.75 Å². The summed E-state index contributed by atoms with van der Waals surface area (Å²) in [6, 6.07) is 0. The molecule has 1 rings (SSSR count). The molecule has 0 aliphatic carbocycles. The number of esters is 1. The Balaban J connectivity index is 2.71. The number of thioether (sulfide) groups is 1. The Morgan fingerprint density at radius 1 is 1.20 bits per heavy atom. The molecule has 15 heavy (non-hydrogen) atoms. The average molecular weight is 238 g/mol. The summed E-state index contributed by atoms with van der Waals surface area (Å²) in [7, 11) is 0. The molecule has 0 aromatic heterocycles. The number of ether oxygens (including phenoxy) is 1. The quantitative estimate of drug-likeness (QED) is 0.394. The molecule has 4 N–H and O–H groups in total. The lowest BCUT2D eigenvalue weighted by molar-refractivity contribution is -0.154. The summed E-state index contributed by atoms with van der Waals surface area (Å²) in [4.78, 5) is 10.7. The Labute approximate surface area is 90.9 Å². The summed E-state index contributed by atoms with van der Waals surface area (Å²) in [6.45, 7) is 1.18. The van der Waals surface area contributed by atoms with E-state index < -0.39 is 35.8 Å². The highest BCUT2D eigenvalue weighted by atomic mass is 32.2. The highest BCUT2D eigenvalue weighted by Crippen LogP contribution is 2.26. The molecule has 6 nitrogen and oxygen atoms in total. The van der Waals surface area contributed by atoms with Crippen LogP contribution in [0.15, 0.2) is 0 Å². The first-order valence-corrected chi connectivity index (χ1v) is 5.49. The van der Waals surface area contributed by atoms with Gasteiger partial charge in [-0.3, -0.25) is 4.79 Å². The predicted octanol–water partition coefficient (Wildman–Crippen LogP) is -1.93. The molecule has 0 amide bonds. The van der Waals surface area contributed by atoms with E-state index in [2.05, 4.69) is 0 Å². The van der Waals surface area contributed by atoms with E-state index in [0.29, 0.717) is 0 Å². The molecule has 0 aromatic carbocycles. The van der Waals surface area contributed by atoms with Gasteiger partial charge in [0, 0.05) is 12.7 Å². The zero-order chi connectivity index (χ0) is 11.6. The highest BCUT2D eigenvalue weighted by Gasteiger charge is 2.40. The molecule has 1 aliphatic rings. The largest absolute Gasteiger partial charge is 0.449 e. The minimum atomic E-state index is -1.53. The molecule has 5 atom stereocenters. The van der Waals surface area contributed by atoms with Crippen LogP contribution >= 0.6 is 11.8 Å². The number of rotatable bonds is 1. The van der Waals surface area contributed by atoms with Crippen LogP contribution < -0.4 is 0 Å². The molecule has 0 radical (unpaired) electrons. The van der Waals surface area contributed by atoms with E-state index in [1.54, 1.807) is 0 Å². The van der Waals surface area contributed by atoms with Gasteiger partial charge in [0.2, 0.25) is 0 Å². The lowest BCUT2D eigenvalue weighted by atomic mass is 10.0. The Bertz CT molecular complexity index is 235. The second-order valence-electron chi connectivity index (χ2n) is 3.35. The zero-order valence-corrected chi connectivity index (χ0v) is 8.92. The molecule has 1 aliphatic heterocycles. The first-order chi connectivity index (χ1) is 6.93. The maximum absolute atomic E-state index is 10.7. The van der Waals surface area contributed by atoms with Gasteiger partial charge in [-0.15, -0.1) is 11.8 Å². The molecule has 1 heterocycles. The van der Waals surface area contributed by atoms with Gasteiger partial charge in [0.1, 0.15) is 18.3 Å². The first-order valence-electron chi connectivity index (χ1n) is 4.44. The van der Waals surface area contributed by atoms with E-state index >= 15 is 0 Å². The second-order valence-corrected chi connectivity index (χ2v) is 4.48. The lowest BCUT2D eigenvalue weighted by Gasteiger charge is -2.24. The maximum atomic E-state index is 10.7. The third kappa shape index (κ3) is 3.05. The molecule has 0 spiro atoms. The van der Waals surface area contributed by atoms with E-state index in [4.69, 9.17) is 4.74 Å². The molecular weight excluding hydrogens is 224 g/mol. The Hall–Kier alpha value is -0.340. The minimum absolute atomic E-state index is 0.0766. The SMILES string of the molecule is CC(=O)O[C@H]1SC[C@@H](O)[C@H](O)[C@H](O)[C@H]1O. The molecule has 0 bridgehead atoms. The average Bonchev–Trinajstić information content (AvgIpc) is 2.25. The van der Waals surface area contributed by atoms with Crippen molar-refractivity contribution in [2.45, 2.75) is 36.8 Å². The summed E-state index contributed by atoms with van der Waals surface area (Å²) in [5.74, 6) is -0.516. The minimum Gasteiger partial charge on any atom is -0.449 e. The molecule has 0 unspecified atom stereocenters. The first kappa shape index (κ1) is 12.7. The molecule has 7 heteroatoms. The van der Waals surface area contributed by atoms with E-state index in [1.165, 1.54) is 6.92 Å². The standard InChI is InChI=1S/C8H14O6S/c1-3(9)14-8-7(13)6(12)5(11)4(10)2-15-8/h4-8,10-13H,2H2,1H3/t4-,5+,6+,7-,8+/m1/s1. The van der Waals surface area contributed by atoms with Crippen LogP contribution in [0.5, 0.6) is 0 Å². The third-order valence-electron chi connectivity index (χ3n) is 2.09. The fourth-order valence-electron chi connectivity index (χ4n) is 1.25. The number of hydrogen-bond acceptors (Lipinski definition) is 7. The Morgan fingerprint density at radius 2 is 1.80 bits per heavy atom. The van der Waals surface area contributed by atoms with Gasteiger partial charge in [-0.05, 0) is 0 Å². The smallest absolute Gasteiger partial charge is 0.303 e. The van der Waals surface area contributed by atoms with Crippen molar-refractivity contribution in [2.24, 2.45) is 0 Å². The van der Waals surface area contributed by atoms with Gasteiger partial charge in [-0.2, -0.15) is 0 Å². The van der Waals surface area contributed by atoms with E-state index in [9.17, 15) is 25.2 Å². The van der Waals surface area contributed by atoms with Crippen molar-refractivity contribution in [1.82, 2.24) is 0 Å². The van der Waals surface area contributed by atoms with Gasteiger partial charge >= 0.3 is 5.97 Å². The van der Waals surface area contributed by atoms with Crippen molar-refractivity contribution >= 4 is 17.7 Å². The van der Waals surface area contributed by atoms with Crippen LogP contribution in [0.2, 0.25) is 0 Å². The number of aliphatic hydroxyl groups excluding tert-OH is 4. The highest BCUT2D eigenvalue weighted by molar-refractivity contribution is 7.99. The van der Waals surface area contributed by atoms with Crippen LogP contribution in [-0.2, 0) is 9.53 Å². The van der Waals surface area contributed by atoms with Gasteiger partial charge < -0.3 is 25.2 Å². The normalized spacial score (nSPS) is 42.1. The molecule has 88 valence electrons. The van der Waals surface area contributed by atoms with E-state index in [-0.39, 0.29) is 5.75 Å². The summed E-state index contributed by atoms with van der Waals surface area (Å²) in [6.07, 6.45) is -5.53. The summed E-state index contributed by atoms with van der Waals surface area (Å²) in [5.41, 5.74) is -0.968. The molecule has 0 aromatic rings. The van der Waals surface area contributed by atoms with Crippen molar-refractivity contribution in [3.05, 3.63) is 0 Å². The molecule has 1 saturated heterocycles. The Kier molecular flexibility index (Phi) is 4.35. The summed E-state index contributed by atoms with van der Waals surface area (Å²) >= 11 is 0.973. The van der Waals surface area contributed by atoms with Crippen LogP contribution in [0.4, 0.5) is 0 Å². The van der Waals surface area contributed by atoms with Crippen LogP contribution in [0.3, 0.4) is 0 Å². The fraction of sp³-hybridized carbons (Fsp3) is 0.875. The number of hydrogen-bond donors (Lipinski definition) is 4. The lowest BCUT2D eigenvalue weighted by Crippen LogP contribution is -2.46. The van der Waals surface area contributed by atoms with Gasteiger partial charge in [0.25, 0.3) is 0 Å². The number of carbonyl (C=O) groups excluding carboxylic acids is 1. The van der Waals surface area contributed by atoms with Gasteiger partial charge in [-0.1, -0.05) is 0 Å². The fourth-order valence-corrected chi connectivity index (χ4v) is 2.39. The monoisotopic (exact) mass is 238 g/mol. The van der Waals surface area contributed by atoms with Crippen molar-refractivity contribution in [3.63, 3.8) is 0 Å². The van der Waals surface area contributed by atoms with Crippen LogP contribution in [0.1, 0.15) is 6.92 Å². The van der Waals surface area contributed by atoms with Gasteiger partial charge in [0.05, 0.1) is 6.10 Å². The van der Waals surface area contributed by atoms with Gasteiger partial charge in [-0.25, -0.2) is 0 Å². The van der Waals surface area contributed by atoms with Crippen molar-refractivity contribution in [1.29, 1.82) is 0 Å². The number of aliphatic hydroxyl groups is 4. The zero-order valence-electron chi connectivity index (χ0n) is 8.11. The predicted molar refractivity (Wildman–Crippen MR) is 52.0 cm³/mol. The summed E-state index contributed by atoms with van der Waals surface area (Å²) < 4.78 is 4.74. The van der Waals surface area contributed by atoms with E-state index in [0.717, 1.165) is 11.8 Å². The summed E-state index contributed by atoms with van der Waals surface area (Å²) in [5, 5.41) is 37.6. The topological polar surface area (TPSA) is 107 Å². The van der Waals surface area contributed by atoms with Crippen LogP contribution in [-0.4, -0.2) is 62.0 Å². The second kappa shape index (κ2) is 5.13. The van der Waals surface area contributed by atoms with Crippen LogP contribution in [0.25, 0.3) is 0 Å². The van der Waals surface area contributed by atoms with E-state index in [1.807, 2.05) is 0 Å². The third-order valence-corrected chi connectivity index (χ3v) is 3.32. The van der Waals surface area contributed by atoms with Gasteiger partial charge in [0.15, 0.2) is 5.44 Å². The van der Waals surface area contributed by atoms with Crippen LogP contribution in [0, 0.1) is 0 Å². The number of carbonyl (C=O) groups is 1. The molecule has 1 fully saturated rings. The van der Waals surface area contributed by atoms with Crippen molar-refractivity contribution in [3.8, 4) is 0 Å². The Morgan fingerprint density at radius 3 is 2.33 bits per heavy atom.